The van der Waals surface area contributed by atoms with Crippen molar-refractivity contribution in [3.63, 3.8) is 0 Å². The van der Waals surface area contributed by atoms with Crippen LogP contribution in [0.15, 0.2) is 30.6 Å². The van der Waals surface area contributed by atoms with Crippen molar-refractivity contribution in [3.8, 4) is 22.8 Å². The van der Waals surface area contributed by atoms with Crippen LogP contribution >= 0.6 is 0 Å². The van der Waals surface area contributed by atoms with Gasteiger partial charge in [-0.25, -0.2) is 14.1 Å². The zero-order chi connectivity index (χ0) is 28.9. The molecule has 2 amide bonds. The predicted octanol–water partition coefficient (Wildman–Crippen LogP) is 3.90. The number of carbonyl (C=O) groups excluding carboxylic acids is 2. The van der Waals surface area contributed by atoms with E-state index in [1.165, 1.54) is 13.2 Å². The summed E-state index contributed by atoms with van der Waals surface area (Å²) in [5.74, 6) is -0.691. The minimum atomic E-state index is -0.559. The van der Waals surface area contributed by atoms with Gasteiger partial charge in [0.15, 0.2) is 5.82 Å². The zero-order valence-electron chi connectivity index (χ0n) is 23.9. The van der Waals surface area contributed by atoms with Crippen LogP contribution < -0.4 is 4.74 Å². The van der Waals surface area contributed by atoms with E-state index in [4.69, 9.17) is 19.6 Å². The summed E-state index contributed by atoms with van der Waals surface area (Å²) in [6, 6.07) is 5.11. The second-order valence-electron chi connectivity index (χ2n) is 10.4. The highest BCUT2D eigenvalue weighted by atomic mass is 19.1. The molecule has 10 nitrogen and oxygen atoms in total. The van der Waals surface area contributed by atoms with Crippen molar-refractivity contribution in [3.05, 3.63) is 53.4 Å². The molecule has 0 N–H and O–H groups in total. The first kappa shape index (κ1) is 28.7. The second-order valence-corrected chi connectivity index (χ2v) is 10.4. The molecule has 0 radical (unpaired) electrons. The normalized spacial score (nSPS) is 16.3. The number of hydrogen-bond acceptors (Lipinski definition) is 7. The summed E-state index contributed by atoms with van der Waals surface area (Å²) >= 11 is 0. The third-order valence-electron chi connectivity index (χ3n) is 7.82. The first-order valence-corrected chi connectivity index (χ1v) is 14.4. The van der Waals surface area contributed by atoms with Crippen molar-refractivity contribution in [2.75, 3.05) is 40.0 Å². The molecule has 2 aliphatic heterocycles. The second kappa shape index (κ2) is 12.8. The lowest BCUT2D eigenvalue weighted by molar-refractivity contribution is -0.147. The van der Waals surface area contributed by atoms with Crippen molar-refractivity contribution in [1.29, 1.82) is 0 Å². The molecule has 218 valence electrons. The fraction of sp³-hybridized carbons (Fsp3) is 0.500. The van der Waals surface area contributed by atoms with Gasteiger partial charge in [-0.3, -0.25) is 14.6 Å². The molecule has 5 rings (SSSR count). The lowest BCUT2D eigenvalue weighted by Gasteiger charge is -2.39. The molecule has 1 fully saturated rings. The van der Waals surface area contributed by atoms with Crippen LogP contribution in [0.5, 0.6) is 5.88 Å². The number of aromatic nitrogens is 4. The van der Waals surface area contributed by atoms with Gasteiger partial charge < -0.3 is 19.3 Å². The molecule has 3 aromatic rings. The van der Waals surface area contributed by atoms with E-state index >= 15 is 0 Å². The number of amides is 2. The third kappa shape index (κ3) is 5.95. The largest absolute Gasteiger partial charge is 0.479 e. The summed E-state index contributed by atoms with van der Waals surface area (Å²) in [6.45, 7) is 6.13. The number of pyridine rings is 2. The van der Waals surface area contributed by atoms with Crippen molar-refractivity contribution < 1.29 is 23.5 Å². The summed E-state index contributed by atoms with van der Waals surface area (Å²) in [4.78, 5) is 37.8. The maximum absolute atomic E-state index is 14.6. The smallest absolute Gasteiger partial charge is 0.250 e. The van der Waals surface area contributed by atoms with Crippen LogP contribution in [0.25, 0.3) is 16.9 Å². The summed E-state index contributed by atoms with van der Waals surface area (Å²) in [5.41, 5.74) is 4.96. The van der Waals surface area contributed by atoms with Crippen LogP contribution in [0.2, 0.25) is 0 Å². The fourth-order valence-electron chi connectivity index (χ4n) is 5.67. The van der Waals surface area contributed by atoms with Crippen molar-refractivity contribution in [1.82, 2.24) is 29.5 Å². The molecule has 11 heteroatoms. The van der Waals surface area contributed by atoms with Crippen molar-refractivity contribution in [2.45, 2.75) is 58.4 Å². The number of piperazine rings is 1. The minimum absolute atomic E-state index is 0.00423. The molecule has 3 aromatic heterocycles. The highest BCUT2D eigenvalue weighted by Crippen LogP contribution is 2.34. The number of ether oxygens (including phenoxy) is 2. The highest BCUT2D eigenvalue weighted by Gasteiger charge is 2.33. The quantitative estimate of drug-likeness (QED) is 0.388. The van der Waals surface area contributed by atoms with Gasteiger partial charge in [-0.15, -0.1) is 0 Å². The molecule has 0 spiro atoms. The molecular weight excluding hydrogens is 527 g/mol. The van der Waals surface area contributed by atoms with Crippen LogP contribution in [0, 0.1) is 5.82 Å². The summed E-state index contributed by atoms with van der Waals surface area (Å²) in [5, 5.41) is 4.96. The number of unbranched alkanes of at least 4 members (excludes halogenated alkanes) is 1. The van der Waals surface area contributed by atoms with E-state index in [2.05, 4.69) is 11.9 Å². The van der Waals surface area contributed by atoms with Gasteiger partial charge in [-0.1, -0.05) is 26.7 Å². The number of fused-ring (bicyclic) bond motifs is 1. The van der Waals surface area contributed by atoms with Gasteiger partial charge in [0.05, 0.1) is 61.9 Å². The zero-order valence-corrected chi connectivity index (χ0v) is 23.9. The first-order valence-electron chi connectivity index (χ1n) is 14.4. The Bertz CT molecular complexity index is 1410. The minimum Gasteiger partial charge on any atom is -0.479 e. The average Bonchev–Trinajstić information content (AvgIpc) is 3.18. The van der Waals surface area contributed by atoms with Gasteiger partial charge in [-0.05, 0) is 25.0 Å². The van der Waals surface area contributed by atoms with Crippen LogP contribution in [0.4, 0.5) is 4.39 Å². The standard InChI is InChI=1S/C30H37FN6O4/c1-4-6-7-26(36-13-12-35(19-28(36)39)27(38)5-2)24-16-20(8-11-32-24)29-22-9-14-41-15-10-25(22)37(34-29)21-17-23(31)30(40-3)33-18-21/h8,11,16-18,26H,4-7,9-10,12-15,19H2,1-3H3. The molecule has 0 aliphatic carbocycles. The Morgan fingerprint density at radius 1 is 1.17 bits per heavy atom. The lowest BCUT2D eigenvalue weighted by Crippen LogP contribution is -2.53. The van der Waals surface area contributed by atoms with Crippen LogP contribution in [0.3, 0.4) is 0 Å². The molecule has 0 bridgehead atoms. The Balaban J connectivity index is 1.52. The molecule has 5 heterocycles. The van der Waals surface area contributed by atoms with Crippen LogP contribution in [-0.4, -0.2) is 81.3 Å². The lowest BCUT2D eigenvalue weighted by atomic mass is 9.98. The Morgan fingerprint density at radius 2 is 2.00 bits per heavy atom. The Hall–Kier alpha value is -3.86. The fourth-order valence-corrected chi connectivity index (χ4v) is 5.67. The van der Waals surface area contributed by atoms with Gasteiger partial charge in [0.1, 0.15) is 0 Å². The summed E-state index contributed by atoms with van der Waals surface area (Å²) < 4.78 is 27.1. The predicted molar refractivity (Wildman–Crippen MR) is 150 cm³/mol. The number of nitrogens with zero attached hydrogens (tertiary/aromatic N) is 6. The van der Waals surface area contributed by atoms with Crippen molar-refractivity contribution in [2.24, 2.45) is 0 Å². The first-order chi connectivity index (χ1) is 19.9. The Kier molecular flexibility index (Phi) is 8.92. The van der Waals surface area contributed by atoms with E-state index in [1.807, 2.05) is 24.0 Å². The van der Waals surface area contributed by atoms with E-state index in [1.54, 1.807) is 22.0 Å². The number of halogens is 1. The van der Waals surface area contributed by atoms with Gasteiger partial charge in [0.25, 0.3) is 0 Å². The maximum atomic E-state index is 14.6. The summed E-state index contributed by atoms with van der Waals surface area (Å²) in [7, 11) is 1.38. The Morgan fingerprint density at radius 3 is 2.73 bits per heavy atom. The number of methoxy groups -OCH3 is 1. The Labute approximate surface area is 239 Å². The van der Waals surface area contributed by atoms with Crippen molar-refractivity contribution >= 4 is 11.8 Å². The molecular formula is C30H37FN6O4. The molecule has 41 heavy (non-hydrogen) atoms. The van der Waals surface area contributed by atoms with Crippen LogP contribution in [0.1, 0.15) is 62.5 Å². The topological polar surface area (TPSA) is 103 Å². The number of hydrogen-bond donors (Lipinski definition) is 0. The number of carbonyl (C=O) groups is 2. The SMILES string of the molecule is CCCCC(c1cc(-c2nn(-c3cnc(OC)c(F)c3)c3c2CCOCC3)ccn1)N1CCN(C(=O)CC)CC1=O. The van der Waals surface area contributed by atoms with Gasteiger partial charge in [-0.2, -0.15) is 5.10 Å². The monoisotopic (exact) mass is 564 g/mol. The van der Waals surface area contributed by atoms with Gasteiger partial charge in [0.2, 0.25) is 17.7 Å². The van der Waals surface area contributed by atoms with E-state index in [0.29, 0.717) is 51.3 Å². The number of rotatable bonds is 9. The highest BCUT2D eigenvalue weighted by molar-refractivity contribution is 5.86. The molecule has 1 unspecified atom stereocenters. The van der Waals surface area contributed by atoms with Gasteiger partial charge >= 0.3 is 0 Å². The molecule has 1 saturated heterocycles. The van der Waals surface area contributed by atoms with E-state index < -0.39 is 5.82 Å². The third-order valence-corrected chi connectivity index (χ3v) is 7.82. The average molecular weight is 565 g/mol. The molecule has 0 aromatic carbocycles. The van der Waals surface area contributed by atoms with Gasteiger partial charge in [0, 0.05) is 49.3 Å². The van der Waals surface area contributed by atoms with E-state index in [0.717, 1.165) is 47.5 Å². The summed E-state index contributed by atoms with van der Waals surface area (Å²) in [6.07, 6.45) is 7.70. The molecule has 0 saturated carbocycles. The van der Waals surface area contributed by atoms with E-state index in [9.17, 15) is 14.0 Å². The molecule has 2 aliphatic rings. The van der Waals surface area contributed by atoms with Crippen LogP contribution in [-0.2, 0) is 27.2 Å². The molecule has 1 atom stereocenters. The van der Waals surface area contributed by atoms with E-state index in [-0.39, 0.29) is 30.3 Å². The maximum Gasteiger partial charge on any atom is 0.250 e.